The third kappa shape index (κ3) is 4.84. The van der Waals surface area contributed by atoms with E-state index in [-0.39, 0.29) is 12.2 Å². The van der Waals surface area contributed by atoms with E-state index in [4.69, 9.17) is 9.47 Å². The fourth-order valence-corrected chi connectivity index (χ4v) is 2.91. The topological polar surface area (TPSA) is 41.9 Å². The highest BCUT2D eigenvalue weighted by molar-refractivity contribution is 4.73. The second kappa shape index (κ2) is 7.43. The fraction of sp³-hybridized carbons (Fsp3) is 1.00. The number of β-amino-alcohol motifs (C(OH)–C–C–N with tert-alkyl or cyclic N) is 1. The quantitative estimate of drug-likeness (QED) is 0.778. The van der Waals surface area contributed by atoms with Crippen molar-refractivity contribution in [3.8, 4) is 0 Å². The highest BCUT2D eigenvalue weighted by Gasteiger charge is 2.20. The van der Waals surface area contributed by atoms with Crippen molar-refractivity contribution < 1.29 is 14.6 Å². The largest absolute Gasteiger partial charge is 0.389 e. The van der Waals surface area contributed by atoms with E-state index in [1.165, 1.54) is 12.8 Å². The predicted octanol–water partition coefficient (Wildman–Crippen LogP) is 1.27. The molecule has 2 aliphatic rings. The van der Waals surface area contributed by atoms with Crippen LogP contribution in [-0.2, 0) is 9.47 Å². The molecule has 2 aliphatic heterocycles. The van der Waals surface area contributed by atoms with Gasteiger partial charge in [0.2, 0.25) is 0 Å². The average Bonchev–Trinajstić information content (AvgIpc) is 2.82. The Morgan fingerprint density at radius 1 is 1.39 bits per heavy atom. The third-order valence-corrected chi connectivity index (χ3v) is 3.85. The van der Waals surface area contributed by atoms with Crippen molar-refractivity contribution in [3.63, 3.8) is 0 Å². The summed E-state index contributed by atoms with van der Waals surface area (Å²) < 4.78 is 11.0. The van der Waals surface area contributed by atoms with E-state index in [9.17, 15) is 5.11 Å². The Labute approximate surface area is 110 Å². The summed E-state index contributed by atoms with van der Waals surface area (Å²) in [5.74, 6) is 0.763. The van der Waals surface area contributed by atoms with Gasteiger partial charge >= 0.3 is 0 Å². The van der Waals surface area contributed by atoms with Crippen LogP contribution in [0.3, 0.4) is 0 Å². The van der Waals surface area contributed by atoms with Crippen molar-refractivity contribution in [1.82, 2.24) is 4.90 Å². The lowest BCUT2D eigenvalue weighted by Gasteiger charge is -2.32. The Kier molecular flexibility index (Phi) is 5.89. The van der Waals surface area contributed by atoms with E-state index in [2.05, 4.69) is 11.8 Å². The maximum atomic E-state index is 9.95. The zero-order valence-corrected chi connectivity index (χ0v) is 11.5. The number of aliphatic hydroxyl groups is 1. The summed E-state index contributed by atoms with van der Waals surface area (Å²) in [6.45, 7) is 7.19. The van der Waals surface area contributed by atoms with Gasteiger partial charge in [0.15, 0.2) is 0 Å². The summed E-state index contributed by atoms with van der Waals surface area (Å²) in [6, 6.07) is 0. The molecule has 0 spiro atoms. The van der Waals surface area contributed by atoms with Crippen molar-refractivity contribution in [2.45, 2.75) is 44.8 Å². The van der Waals surface area contributed by atoms with E-state index in [1.807, 2.05) is 0 Å². The number of rotatable bonds is 6. The highest BCUT2D eigenvalue weighted by Crippen LogP contribution is 2.16. The van der Waals surface area contributed by atoms with Crippen LogP contribution in [0.1, 0.15) is 32.6 Å². The lowest BCUT2D eigenvalue weighted by Crippen LogP contribution is -2.41. The first-order valence-corrected chi connectivity index (χ1v) is 7.34. The van der Waals surface area contributed by atoms with Crippen LogP contribution in [-0.4, -0.2) is 61.7 Å². The standard InChI is InChI=1S/C14H27NO3/c1-12-4-2-6-15(8-12)9-13(16)10-17-11-14-5-3-7-18-14/h12-14,16H,2-11H2,1H3. The minimum absolute atomic E-state index is 0.257. The van der Waals surface area contributed by atoms with Crippen LogP contribution in [0.5, 0.6) is 0 Å². The molecule has 0 aliphatic carbocycles. The molecule has 4 heteroatoms. The molecule has 3 unspecified atom stereocenters. The number of likely N-dealkylation sites (tertiary alicyclic amines) is 1. The SMILES string of the molecule is CC1CCCN(CC(O)COCC2CCCO2)C1. The van der Waals surface area contributed by atoms with E-state index < -0.39 is 0 Å². The molecular formula is C14H27NO3. The van der Waals surface area contributed by atoms with Crippen LogP contribution in [0, 0.1) is 5.92 Å². The molecule has 2 saturated heterocycles. The van der Waals surface area contributed by atoms with Gasteiger partial charge < -0.3 is 19.5 Å². The Balaban J connectivity index is 1.55. The van der Waals surface area contributed by atoms with Crippen molar-refractivity contribution in [2.75, 3.05) is 39.5 Å². The minimum atomic E-state index is -0.364. The molecule has 0 radical (unpaired) electrons. The van der Waals surface area contributed by atoms with Gasteiger partial charge in [-0.3, -0.25) is 0 Å². The van der Waals surface area contributed by atoms with E-state index in [0.29, 0.717) is 13.2 Å². The van der Waals surface area contributed by atoms with Gasteiger partial charge in [-0.05, 0) is 38.1 Å². The zero-order chi connectivity index (χ0) is 12.8. The lowest BCUT2D eigenvalue weighted by molar-refractivity contribution is -0.0277. The summed E-state index contributed by atoms with van der Waals surface area (Å²) >= 11 is 0. The number of aliphatic hydroxyl groups excluding tert-OH is 1. The van der Waals surface area contributed by atoms with Crippen molar-refractivity contribution in [3.05, 3.63) is 0 Å². The predicted molar refractivity (Wildman–Crippen MR) is 70.6 cm³/mol. The van der Waals surface area contributed by atoms with Crippen LogP contribution in [0.25, 0.3) is 0 Å². The van der Waals surface area contributed by atoms with Crippen molar-refractivity contribution >= 4 is 0 Å². The highest BCUT2D eigenvalue weighted by atomic mass is 16.5. The molecule has 1 N–H and O–H groups in total. The van der Waals surface area contributed by atoms with Gasteiger partial charge in [-0.15, -0.1) is 0 Å². The van der Waals surface area contributed by atoms with E-state index in [0.717, 1.165) is 45.0 Å². The molecule has 0 aromatic heterocycles. The molecule has 2 fully saturated rings. The monoisotopic (exact) mass is 257 g/mol. The number of nitrogens with zero attached hydrogens (tertiary/aromatic N) is 1. The summed E-state index contributed by atoms with van der Waals surface area (Å²) in [5.41, 5.74) is 0. The number of piperidine rings is 1. The first-order valence-electron chi connectivity index (χ1n) is 7.34. The van der Waals surface area contributed by atoms with Gasteiger partial charge in [0, 0.05) is 19.7 Å². The molecule has 0 aromatic rings. The van der Waals surface area contributed by atoms with Crippen LogP contribution in [0.2, 0.25) is 0 Å². The molecule has 2 rings (SSSR count). The first kappa shape index (κ1) is 14.3. The Morgan fingerprint density at radius 2 is 2.28 bits per heavy atom. The van der Waals surface area contributed by atoms with Gasteiger partial charge in [0.05, 0.1) is 25.4 Å². The molecule has 3 atom stereocenters. The van der Waals surface area contributed by atoms with Gasteiger partial charge in [0.25, 0.3) is 0 Å². The molecule has 106 valence electrons. The third-order valence-electron chi connectivity index (χ3n) is 3.85. The van der Waals surface area contributed by atoms with Gasteiger partial charge in [-0.2, -0.15) is 0 Å². The molecular weight excluding hydrogens is 230 g/mol. The first-order chi connectivity index (χ1) is 8.74. The summed E-state index contributed by atoms with van der Waals surface area (Å²) in [6.07, 6.45) is 4.71. The van der Waals surface area contributed by atoms with Crippen molar-refractivity contribution in [1.29, 1.82) is 0 Å². The maximum absolute atomic E-state index is 9.95. The maximum Gasteiger partial charge on any atom is 0.0900 e. The molecule has 0 saturated carbocycles. The van der Waals surface area contributed by atoms with Gasteiger partial charge in [-0.25, -0.2) is 0 Å². The Bertz CT molecular complexity index is 231. The van der Waals surface area contributed by atoms with Crippen LogP contribution in [0.15, 0.2) is 0 Å². The summed E-state index contributed by atoms with van der Waals surface area (Å²) in [7, 11) is 0. The molecule has 2 heterocycles. The molecule has 0 bridgehead atoms. The summed E-state index contributed by atoms with van der Waals surface area (Å²) in [5, 5.41) is 9.95. The van der Waals surface area contributed by atoms with Crippen LogP contribution < -0.4 is 0 Å². The molecule has 0 aromatic carbocycles. The second-order valence-electron chi connectivity index (χ2n) is 5.83. The Hall–Kier alpha value is -0.160. The normalized spacial score (nSPS) is 31.7. The molecule has 0 amide bonds. The van der Waals surface area contributed by atoms with E-state index in [1.54, 1.807) is 0 Å². The van der Waals surface area contributed by atoms with Crippen LogP contribution >= 0.6 is 0 Å². The molecule has 18 heavy (non-hydrogen) atoms. The van der Waals surface area contributed by atoms with Crippen LogP contribution in [0.4, 0.5) is 0 Å². The number of hydrogen-bond acceptors (Lipinski definition) is 4. The number of ether oxygens (including phenoxy) is 2. The number of hydrogen-bond donors (Lipinski definition) is 1. The molecule has 4 nitrogen and oxygen atoms in total. The van der Waals surface area contributed by atoms with Crippen molar-refractivity contribution in [2.24, 2.45) is 5.92 Å². The Morgan fingerprint density at radius 3 is 3.00 bits per heavy atom. The van der Waals surface area contributed by atoms with Gasteiger partial charge in [-0.1, -0.05) is 6.92 Å². The zero-order valence-electron chi connectivity index (χ0n) is 11.5. The van der Waals surface area contributed by atoms with Gasteiger partial charge in [0.1, 0.15) is 0 Å². The lowest BCUT2D eigenvalue weighted by atomic mass is 10.0. The smallest absolute Gasteiger partial charge is 0.0900 e. The van der Waals surface area contributed by atoms with E-state index >= 15 is 0 Å². The summed E-state index contributed by atoms with van der Waals surface area (Å²) in [4.78, 5) is 2.36. The fourth-order valence-electron chi connectivity index (χ4n) is 2.91. The minimum Gasteiger partial charge on any atom is -0.389 e. The second-order valence-corrected chi connectivity index (χ2v) is 5.83. The average molecular weight is 257 g/mol.